The largest absolute Gasteiger partial charge is 0.467 e. The Morgan fingerprint density at radius 1 is 1.06 bits per heavy atom. The Morgan fingerprint density at radius 2 is 1.65 bits per heavy atom. The minimum absolute atomic E-state index is 0.322. The summed E-state index contributed by atoms with van der Waals surface area (Å²) in [4.78, 5) is 76.1. The van der Waals surface area contributed by atoms with Gasteiger partial charge < -0.3 is 19.9 Å². The van der Waals surface area contributed by atoms with E-state index in [1.165, 1.54) is 6.92 Å². The van der Waals surface area contributed by atoms with Crippen molar-refractivity contribution >= 4 is 41.6 Å². The average Bonchev–Trinajstić information content (AvgIpc) is 2.99. The summed E-state index contributed by atoms with van der Waals surface area (Å²) in [7, 11) is 4.07. The smallest absolute Gasteiger partial charge is 0.342 e. The summed E-state index contributed by atoms with van der Waals surface area (Å²) >= 11 is 0. The second-order valence-electron chi connectivity index (χ2n) is 6.18. The predicted molar refractivity (Wildman–Crippen MR) is 99.7 cm³/mol. The monoisotopic (exact) mass is 437 g/mol. The number of rotatable bonds is 5. The van der Waals surface area contributed by atoms with E-state index in [1.54, 1.807) is 0 Å². The molecule has 31 heavy (non-hydrogen) atoms. The number of hydrazone groups is 1. The number of primary amides is 1. The van der Waals surface area contributed by atoms with Gasteiger partial charge in [-0.05, 0) is 13.0 Å². The number of nitrogens with one attached hydrogen (secondary N) is 1. The van der Waals surface area contributed by atoms with E-state index in [2.05, 4.69) is 14.6 Å². The van der Waals surface area contributed by atoms with Crippen LogP contribution in [0.4, 0.5) is 9.59 Å². The molecule has 1 unspecified atom stereocenters. The van der Waals surface area contributed by atoms with Crippen LogP contribution in [-0.4, -0.2) is 85.3 Å². The van der Waals surface area contributed by atoms with Gasteiger partial charge in [-0.15, -0.1) is 0 Å². The number of hydrogen-bond donors (Lipinski definition) is 2. The highest BCUT2D eigenvalue weighted by molar-refractivity contribution is 6.26. The maximum Gasteiger partial charge on any atom is 0.342 e. The summed E-state index contributed by atoms with van der Waals surface area (Å²) in [5.41, 5.74) is 2.42. The standard InChI is InChI=1S/C17H19N5O9/c1-7(19-20-15(18)27)17(14(26)31-5)6-8(12(24)29-3)9(13(25)30-4)10-11(23)21(2)16(28)22(10)17/h6H,1-5H3,(H3,18,20,27)/b19-7+. The fraction of sp³-hybridized carbons (Fsp3) is 0.353. The van der Waals surface area contributed by atoms with Crippen LogP contribution in [0.2, 0.25) is 0 Å². The molecule has 1 saturated heterocycles. The number of amides is 5. The molecule has 0 bridgehead atoms. The third-order valence-electron chi connectivity index (χ3n) is 4.60. The fourth-order valence-corrected chi connectivity index (χ4v) is 3.13. The molecule has 14 nitrogen and oxygen atoms in total. The number of carbonyl (C=O) groups is 6. The number of nitrogens with two attached hydrogens (primary N) is 1. The van der Waals surface area contributed by atoms with Gasteiger partial charge in [-0.3, -0.25) is 14.6 Å². The number of methoxy groups -OCH3 is 3. The molecule has 2 heterocycles. The zero-order valence-corrected chi connectivity index (χ0v) is 17.2. The van der Waals surface area contributed by atoms with Gasteiger partial charge in [0.15, 0.2) is 0 Å². The van der Waals surface area contributed by atoms with Gasteiger partial charge >= 0.3 is 30.0 Å². The lowest BCUT2D eigenvalue weighted by Gasteiger charge is -2.39. The molecule has 0 aliphatic carbocycles. The summed E-state index contributed by atoms with van der Waals surface area (Å²) in [5, 5.41) is 3.68. The molecule has 2 aliphatic rings. The Hall–Kier alpha value is -4.23. The number of likely N-dealkylation sites (N-methyl/N-ethyl adjacent to an activating group) is 1. The minimum Gasteiger partial charge on any atom is -0.467 e. The van der Waals surface area contributed by atoms with Crippen LogP contribution in [0.1, 0.15) is 6.92 Å². The second-order valence-corrected chi connectivity index (χ2v) is 6.18. The van der Waals surface area contributed by atoms with Crippen LogP contribution in [0.3, 0.4) is 0 Å². The maximum absolute atomic E-state index is 13.0. The molecule has 0 spiro atoms. The Labute approximate surface area is 175 Å². The summed E-state index contributed by atoms with van der Waals surface area (Å²) in [6.07, 6.45) is 0.867. The van der Waals surface area contributed by atoms with Crippen molar-refractivity contribution in [3.8, 4) is 0 Å². The summed E-state index contributed by atoms with van der Waals surface area (Å²) in [6, 6.07) is -2.14. The second kappa shape index (κ2) is 8.25. The van der Waals surface area contributed by atoms with Crippen molar-refractivity contribution in [2.24, 2.45) is 10.8 Å². The quantitative estimate of drug-likeness (QED) is 0.167. The summed E-state index contributed by atoms with van der Waals surface area (Å²) in [6.45, 7) is 1.20. The van der Waals surface area contributed by atoms with E-state index in [1.807, 2.05) is 5.43 Å². The Bertz CT molecular complexity index is 996. The van der Waals surface area contributed by atoms with Crippen molar-refractivity contribution in [3.05, 3.63) is 22.9 Å². The maximum atomic E-state index is 13.0. The van der Waals surface area contributed by atoms with Crippen LogP contribution >= 0.6 is 0 Å². The average molecular weight is 437 g/mol. The molecule has 166 valence electrons. The number of imide groups is 1. The van der Waals surface area contributed by atoms with Crippen LogP contribution < -0.4 is 11.2 Å². The molecule has 1 fully saturated rings. The normalized spacial score (nSPS) is 20.8. The number of nitrogens with zero attached hydrogens (tertiary/aromatic N) is 3. The number of hydrogen-bond acceptors (Lipinski definition) is 10. The van der Waals surface area contributed by atoms with Crippen LogP contribution in [-0.2, 0) is 33.4 Å². The van der Waals surface area contributed by atoms with Crippen molar-refractivity contribution in [2.45, 2.75) is 12.5 Å². The van der Waals surface area contributed by atoms with E-state index in [-0.39, 0.29) is 5.71 Å². The highest BCUT2D eigenvalue weighted by Gasteiger charge is 2.61. The van der Waals surface area contributed by atoms with E-state index in [4.69, 9.17) is 10.5 Å². The lowest BCUT2D eigenvalue weighted by atomic mass is 9.82. The van der Waals surface area contributed by atoms with Crippen molar-refractivity contribution < 1.29 is 43.0 Å². The lowest BCUT2D eigenvalue weighted by Crippen LogP contribution is -2.61. The van der Waals surface area contributed by atoms with Crippen LogP contribution in [0.15, 0.2) is 28.0 Å². The van der Waals surface area contributed by atoms with Crippen LogP contribution in [0.5, 0.6) is 0 Å². The van der Waals surface area contributed by atoms with Gasteiger partial charge in [0.2, 0.25) is 5.54 Å². The van der Waals surface area contributed by atoms with Crippen molar-refractivity contribution in [1.82, 2.24) is 15.2 Å². The molecule has 14 heteroatoms. The number of fused-ring (bicyclic) bond motifs is 1. The zero-order valence-electron chi connectivity index (χ0n) is 17.2. The van der Waals surface area contributed by atoms with E-state index in [0.717, 1.165) is 34.5 Å². The summed E-state index contributed by atoms with van der Waals surface area (Å²) in [5.74, 6) is -4.44. The molecule has 0 aromatic rings. The first-order valence-electron chi connectivity index (χ1n) is 8.44. The molecule has 3 N–H and O–H groups in total. The lowest BCUT2D eigenvalue weighted by molar-refractivity contribution is -0.146. The molecule has 0 aromatic heterocycles. The van der Waals surface area contributed by atoms with E-state index in [0.29, 0.717) is 9.80 Å². The first-order valence-corrected chi connectivity index (χ1v) is 8.44. The zero-order chi connectivity index (χ0) is 23.7. The van der Waals surface area contributed by atoms with Crippen molar-refractivity contribution in [3.63, 3.8) is 0 Å². The Morgan fingerprint density at radius 3 is 2.13 bits per heavy atom. The van der Waals surface area contributed by atoms with Gasteiger partial charge in [0.25, 0.3) is 5.91 Å². The van der Waals surface area contributed by atoms with Crippen molar-refractivity contribution in [1.29, 1.82) is 0 Å². The number of esters is 3. The molecule has 0 saturated carbocycles. The highest BCUT2D eigenvalue weighted by Crippen LogP contribution is 2.41. The number of urea groups is 2. The number of carbonyl (C=O) groups excluding carboxylic acids is 6. The van der Waals surface area contributed by atoms with Gasteiger partial charge in [-0.25, -0.2) is 29.4 Å². The first kappa shape index (κ1) is 23.1. The van der Waals surface area contributed by atoms with E-state index < -0.39 is 58.3 Å². The molecule has 0 radical (unpaired) electrons. The van der Waals surface area contributed by atoms with Gasteiger partial charge in [0.05, 0.1) is 32.6 Å². The molecule has 2 aliphatic heterocycles. The molecular formula is C17H19N5O9. The van der Waals surface area contributed by atoms with E-state index in [9.17, 15) is 28.8 Å². The van der Waals surface area contributed by atoms with Crippen molar-refractivity contribution in [2.75, 3.05) is 28.4 Å². The SMILES string of the molecule is COC(=O)C1=CC(C(=O)OC)(/C(C)=N/NC(N)=O)N2C(=O)N(C)C(=O)C2=C1C(=O)OC. The molecule has 2 rings (SSSR count). The minimum atomic E-state index is -2.36. The molecule has 1 atom stereocenters. The summed E-state index contributed by atoms with van der Waals surface area (Å²) < 4.78 is 14.1. The molecular weight excluding hydrogens is 418 g/mol. The highest BCUT2D eigenvalue weighted by atomic mass is 16.5. The predicted octanol–water partition coefficient (Wildman–Crippen LogP) is -1.62. The van der Waals surface area contributed by atoms with Gasteiger partial charge in [0, 0.05) is 7.05 Å². The molecule has 5 amide bonds. The third-order valence-corrected chi connectivity index (χ3v) is 4.60. The van der Waals surface area contributed by atoms with E-state index >= 15 is 0 Å². The Balaban J connectivity index is 3.02. The number of ether oxygens (including phenoxy) is 3. The van der Waals surface area contributed by atoms with Gasteiger partial charge in [-0.2, -0.15) is 5.10 Å². The Kier molecular flexibility index (Phi) is 6.14. The van der Waals surface area contributed by atoms with Crippen LogP contribution in [0.25, 0.3) is 0 Å². The third kappa shape index (κ3) is 3.37. The first-order chi connectivity index (χ1) is 14.5. The van der Waals surface area contributed by atoms with Gasteiger partial charge in [-0.1, -0.05) is 0 Å². The topological polar surface area (TPSA) is 187 Å². The van der Waals surface area contributed by atoms with Crippen LogP contribution in [0, 0.1) is 0 Å². The fourth-order valence-electron chi connectivity index (χ4n) is 3.13. The van der Waals surface area contributed by atoms with Gasteiger partial charge in [0.1, 0.15) is 11.3 Å². The molecule has 0 aromatic carbocycles.